The average molecular weight is 378 g/mol. The lowest BCUT2D eigenvalue weighted by atomic mass is 10.0. The third-order valence-electron chi connectivity index (χ3n) is 3.16. The Morgan fingerprint density at radius 1 is 1.24 bits per heavy atom. The zero-order chi connectivity index (χ0) is 15.5. The summed E-state index contributed by atoms with van der Waals surface area (Å²) >= 11 is 5.08. The molecule has 0 spiro atoms. The molecule has 1 heterocycles. The van der Waals surface area contributed by atoms with E-state index in [9.17, 15) is 13.2 Å². The lowest BCUT2D eigenvalue weighted by Gasteiger charge is -2.16. The van der Waals surface area contributed by atoms with Gasteiger partial charge in [0.15, 0.2) is 0 Å². The van der Waals surface area contributed by atoms with Crippen molar-refractivity contribution in [1.29, 1.82) is 0 Å². The molecular formula is C15H15BrF3NS. The fourth-order valence-electron chi connectivity index (χ4n) is 2.00. The van der Waals surface area contributed by atoms with Crippen LogP contribution in [0.15, 0.2) is 40.2 Å². The molecule has 0 aliphatic heterocycles. The Morgan fingerprint density at radius 3 is 2.62 bits per heavy atom. The molecule has 0 fully saturated rings. The van der Waals surface area contributed by atoms with Gasteiger partial charge in [-0.3, -0.25) is 0 Å². The van der Waals surface area contributed by atoms with Crippen LogP contribution >= 0.6 is 27.3 Å². The Kier molecular flexibility index (Phi) is 5.46. The molecule has 0 saturated carbocycles. The van der Waals surface area contributed by atoms with E-state index in [1.165, 1.54) is 17.0 Å². The normalized spacial score (nSPS) is 13.4. The number of alkyl halides is 3. The quantitative estimate of drug-likeness (QED) is 0.732. The molecule has 0 amide bonds. The van der Waals surface area contributed by atoms with Crippen LogP contribution in [-0.4, -0.2) is 6.54 Å². The van der Waals surface area contributed by atoms with E-state index in [1.54, 1.807) is 17.4 Å². The summed E-state index contributed by atoms with van der Waals surface area (Å²) < 4.78 is 39.1. The lowest BCUT2D eigenvalue weighted by molar-refractivity contribution is -0.137. The predicted octanol–water partition coefficient (Wildman–Crippen LogP) is 5.42. The van der Waals surface area contributed by atoms with Crippen LogP contribution in [0.3, 0.4) is 0 Å². The summed E-state index contributed by atoms with van der Waals surface area (Å²) in [6.07, 6.45) is -3.43. The van der Waals surface area contributed by atoms with E-state index in [-0.39, 0.29) is 6.04 Å². The molecule has 0 aliphatic carbocycles. The van der Waals surface area contributed by atoms with E-state index in [4.69, 9.17) is 0 Å². The highest BCUT2D eigenvalue weighted by atomic mass is 79.9. The number of thiophene rings is 1. The minimum Gasteiger partial charge on any atom is -0.310 e. The van der Waals surface area contributed by atoms with E-state index in [0.717, 1.165) is 22.8 Å². The standard InChI is InChI=1S/C15H15BrF3NS/c1-10(20-8-7-13-5-6-14(16)21-13)11-3-2-4-12(9-11)15(17,18)19/h2-6,9-10,20H,7-8H2,1H3. The van der Waals surface area contributed by atoms with E-state index >= 15 is 0 Å². The number of rotatable bonds is 5. The van der Waals surface area contributed by atoms with Crippen LogP contribution in [-0.2, 0) is 12.6 Å². The molecule has 1 aromatic heterocycles. The van der Waals surface area contributed by atoms with E-state index < -0.39 is 11.7 Å². The van der Waals surface area contributed by atoms with Crippen LogP contribution in [0.1, 0.15) is 29.0 Å². The molecule has 1 unspecified atom stereocenters. The van der Waals surface area contributed by atoms with Gasteiger partial charge in [-0.2, -0.15) is 13.2 Å². The maximum absolute atomic E-state index is 12.7. The minimum atomic E-state index is -4.29. The van der Waals surface area contributed by atoms with Crippen molar-refractivity contribution >= 4 is 27.3 Å². The third-order valence-corrected chi connectivity index (χ3v) is 4.85. The van der Waals surface area contributed by atoms with E-state index in [1.807, 2.05) is 19.1 Å². The summed E-state index contributed by atoms with van der Waals surface area (Å²) in [6, 6.07) is 9.40. The largest absolute Gasteiger partial charge is 0.416 e. The molecule has 1 nitrogen and oxygen atoms in total. The van der Waals surface area contributed by atoms with Gasteiger partial charge < -0.3 is 5.32 Å². The van der Waals surface area contributed by atoms with Crippen molar-refractivity contribution in [2.24, 2.45) is 0 Å². The second kappa shape index (κ2) is 6.94. The highest BCUT2D eigenvalue weighted by Gasteiger charge is 2.30. The predicted molar refractivity (Wildman–Crippen MR) is 83.6 cm³/mol. The van der Waals surface area contributed by atoms with Crippen molar-refractivity contribution in [3.8, 4) is 0 Å². The first-order chi connectivity index (χ1) is 9.86. The zero-order valence-corrected chi connectivity index (χ0v) is 13.8. The number of hydrogen-bond donors (Lipinski definition) is 1. The second-order valence-electron chi connectivity index (χ2n) is 4.75. The first kappa shape index (κ1) is 16.5. The molecule has 0 bridgehead atoms. The number of halogens is 4. The van der Waals surface area contributed by atoms with Crippen molar-refractivity contribution in [2.75, 3.05) is 6.54 Å². The Labute approximate surface area is 134 Å². The maximum Gasteiger partial charge on any atom is 0.416 e. The lowest BCUT2D eigenvalue weighted by Crippen LogP contribution is -2.21. The van der Waals surface area contributed by atoms with Crippen LogP contribution in [0, 0.1) is 0 Å². The van der Waals surface area contributed by atoms with E-state index in [0.29, 0.717) is 5.56 Å². The third kappa shape index (κ3) is 4.83. The van der Waals surface area contributed by atoms with Crippen molar-refractivity contribution in [2.45, 2.75) is 25.6 Å². The Balaban J connectivity index is 1.92. The molecule has 21 heavy (non-hydrogen) atoms. The number of hydrogen-bond acceptors (Lipinski definition) is 2. The molecule has 2 aromatic rings. The van der Waals surface area contributed by atoms with E-state index in [2.05, 4.69) is 21.2 Å². The highest BCUT2D eigenvalue weighted by Crippen LogP contribution is 2.30. The molecule has 114 valence electrons. The summed E-state index contributed by atoms with van der Waals surface area (Å²) in [7, 11) is 0. The minimum absolute atomic E-state index is 0.115. The molecular weight excluding hydrogens is 363 g/mol. The zero-order valence-electron chi connectivity index (χ0n) is 11.4. The molecule has 2 rings (SSSR count). The van der Waals surface area contributed by atoms with Gasteiger partial charge in [0.2, 0.25) is 0 Å². The molecule has 0 radical (unpaired) electrons. The monoisotopic (exact) mass is 377 g/mol. The molecule has 1 aromatic carbocycles. The van der Waals surface area contributed by atoms with Gasteiger partial charge in [-0.25, -0.2) is 0 Å². The molecule has 1 atom stereocenters. The van der Waals surface area contributed by atoms with Crippen LogP contribution in [0.4, 0.5) is 13.2 Å². The van der Waals surface area contributed by atoms with Gasteiger partial charge in [0.05, 0.1) is 9.35 Å². The maximum atomic E-state index is 12.7. The number of nitrogens with one attached hydrogen (secondary N) is 1. The summed E-state index contributed by atoms with van der Waals surface area (Å²) in [5, 5.41) is 3.26. The first-order valence-corrected chi connectivity index (χ1v) is 8.12. The van der Waals surface area contributed by atoms with Gasteiger partial charge in [-0.1, -0.05) is 12.1 Å². The van der Waals surface area contributed by atoms with Crippen LogP contribution < -0.4 is 5.32 Å². The summed E-state index contributed by atoms with van der Waals surface area (Å²) in [6.45, 7) is 2.60. The van der Waals surface area contributed by atoms with Crippen LogP contribution in [0.2, 0.25) is 0 Å². The number of benzene rings is 1. The van der Waals surface area contributed by atoms with Crippen molar-refractivity contribution in [3.05, 3.63) is 56.2 Å². The average Bonchev–Trinajstić information content (AvgIpc) is 2.83. The fraction of sp³-hybridized carbons (Fsp3) is 0.333. The van der Waals surface area contributed by atoms with Crippen molar-refractivity contribution in [3.63, 3.8) is 0 Å². The van der Waals surface area contributed by atoms with Crippen LogP contribution in [0.25, 0.3) is 0 Å². The second-order valence-corrected chi connectivity index (χ2v) is 7.30. The Hall–Kier alpha value is -0.850. The summed E-state index contributed by atoms with van der Waals surface area (Å²) in [4.78, 5) is 1.24. The summed E-state index contributed by atoms with van der Waals surface area (Å²) in [5.74, 6) is 0. The van der Waals surface area contributed by atoms with Crippen LogP contribution in [0.5, 0.6) is 0 Å². The highest BCUT2D eigenvalue weighted by molar-refractivity contribution is 9.11. The molecule has 0 saturated heterocycles. The Bertz CT molecular complexity index is 595. The van der Waals surface area contributed by atoms with Gasteiger partial charge in [-0.05, 0) is 59.1 Å². The molecule has 0 aliphatic rings. The fourth-order valence-corrected chi connectivity index (χ4v) is 3.48. The van der Waals surface area contributed by atoms with Crippen molar-refractivity contribution in [1.82, 2.24) is 5.32 Å². The topological polar surface area (TPSA) is 12.0 Å². The van der Waals surface area contributed by atoms with Gasteiger partial charge in [0, 0.05) is 17.5 Å². The van der Waals surface area contributed by atoms with Gasteiger partial charge in [0.1, 0.15) is 0 Å². The summed E-state index contributed by atoms with van der Waals surface area (Å²) in [5.41, 5.74) is 0.0491. The SMILES string of the molecule is CC(NCCc1ccc(Br)s1)c1cccc(C(F)(F)F)c1. The molecule has 6 heteroatoms. The van der Waals surface area contributed by atoms with Crippen molar-refractivity contribution < 1.29 is 13.2 Å². The van der Waals surface area contributed by atoms with Gasteiger partial charge >= 0.3 is 6.18 Å². The molecule has 1 N–H and O–H groups in total. The smallest absolute Gasteiger partial charge is 0.310 e. The van der Waals surface area contributed by atoms with Gasteiger partial charge in [-0.15, -0.1) is 11.3 Å². The van der Waals surface area contributed by atoms with Gasteiger partial charge in [0.25, 0.3) is 0 Å². The first-order valence-electron chi connectivity index (χ1n) is 6.51. The Morgan fingerprint density at radius 2 is 2.00 bits per heavy atom.